The maximum absolute atomic E-state index is 6.32. The minimum absolute atomic E-state index is 0.481. The molecule has 8 nitrogen and oxygen atoms in total. The molecule has 0 saturated carbocycles. The lowest BCUT2D eigenvalue weighted by molar-refractivity contribution is 0.414. The molecule has 0 radical (unpaired) electrons. The van der Waals surface area contributed by atoms with E-state index in [-0.39, 0.29) is 0 Å². The summed E-state index contributed by atoms with van der Waals surface area (Å²) in [5.41, 5.74) is 4.68. The average molecular weight is 449 g/mol. The Morgan fingerprint density at radius 2 is 1.53 bits per heavy atom. The largest absolute Gasteiger partial charge is 0.497 e. The number of aromatic nitrogens is 5. The van der Waals surface area contributed by atoms with Crippen LogP contribution in [0.4, 0.5) is 0 Å². The lowest BCUT2D eigenvalue weighted by Crippen LogP contribution is -1.91. The molecule has 0 N–H and O–H groups in total. The molecule has 6 rings (SSSR count). The van der Waals surface area contributed by atoms with Crippen LogP contribution in [-0.4, -0.2) is 38.8 Å². The molecule has 6 aromatic rings. The van der Waals surface area contributed by atoms with Gasteiger partial charge in [0.05, 0.1) is 19.6 Å². The molecule has 0 amide bonds. The van der Waals surface area contributed by atoms with Crippen molar-refractivity contribution in [1.82, 2.24) is 24.6 Å². The summed E-state index contributed by atoms with van der Waals surface area (Å²) in [5, 5.41) is 5.40. The molecule has 0 bridgehead atoms. The molecule has 2 aromatic carbocycles. The molecule has 0 atom stereocenters. The van der Waals surface area contributed by atoms with Crippen LogP contribution in [0.2, 0.25) is 0 Å². The summed E-state index contributed by atoms with van der Waals surface area (Å²) in [6.07, 6.45) is 5.07. The Morgan fingerprint density at radius 3 is 2.18 bits per heavy atom. The van der Waals surface area contributed by atoms with E-state index in [0.717, 1.165) is 39.1 Å². The molecule has 0 unspecified atom stereocenters. The lowest BCUT2D eigenvalue weighted by Gasteiger charge is -2.06. The summed E-state index contributed by atoms with van der Waals surface area (Å²) in [4.78, 5) is 13.6. The number of fused-ring (bicyclic) bond motifs is 3. The molecule has 4 heterocycles. The van der Waals surface area contributed by atoms with E-state index in [9.17, 15) is 0 Å². The van der Waals surface area contributed by atoms with Crippen molar-refractivity contribution in [2.75, 3.05) is 14.2 Å². The van der Waals surface area contributed by atoms with Gasteiger partial charge in [-0.05, 0) is 54.1 Å². The monoisotopic (exact) mass is 449 g/mol. The van der Waals surface area contributed by atoms with Crippen molar-refractivity contribution in [1.29, 1.82) is 0 Å². The highest BCUT2D eigenvalue weighted by Gasteiger charge is 2.23. The van der Waals surface area contributed by atoms with Crippen LogP contribution in [0, 0.1) is 0 Å². The SMILES string of the molecule is COc1ccc(-c2oc3ncn4nc(-c5cccnc5)nc4c3c2-c2ccc(OC)cc2)cc1. The van der Waals surface area contributed by atoms with Crippen molar-refractivity contribution in [2.45, 2.75) is 0 Å². The number of ether oxygens (including phenoxy) is 2. The van der Waals surface area contributed by atoms with E-state index in [4.69, 9.17) is 18.9 Å². The zero-order chi connectivity index (χ0) is 23.1. The highest BCUT2D eigenvalue weighted by atomic mass is 16.5. The number of hydrogen-bond donors (Lipinski definition) is 0. The van der Waals surface area contributed by atoms with Gasteiger partial charge in [-0.15, -0.1) is 5.10 Å². The van der Waals surface area contributed by atoms with Crippen molar-refractivity contribution in [3.63, 3.8) is 0 Å². The summed E-state index contributed by atoms with van der Waals surface area (Å²) in [5.74, 6) is 2.79. The summed E-state index contributed by atoms with van der Waals surface area (Å²) < 4.78 is 18.7. The number of nitrogens with zero attached hydrogens (tertiary/aromatic N) is 5. The number of benzene rings is 2. The van der Waals surface area contributed by atoms with Gasteiger partial charge >= 0.3 is 0 Å². The first-order valence-corrected chi connectivity index (χ1v) is 10.6. The molecule has 0 aliphatic carbocycles. The quantitative estimate of drug-likeness (QED) is 0.354. The maximum atomic E-state index is 6.32. The number of hydrogen-bond acceptors (Lipinski definition) is 7. The fourth-order valence-corrected chi connectivity index (χ4v) is 4.00. The number of methoxy groups -OCH3 is 2. The summed E-state index contributed by atoms with van der Waals surface area (Å²) >= 11 is 0. The standard InChI is InChI=1S/C26H19N5O3/c1-32-19-9-5-16(6-10-19)21-22-25-29-24(18-4-3-13-27-14-18)30-31(25)15-28-26(22)34-23(21)17-7-11-20(33-2)12-8-17/h3-15H,1-2H3. The van der Waals surface area contributed by atoms with Crippen LogP contribution >= 0.6 is 0 Å². The van der Waals surface area contributed by atoms with Gasteiger partial charge in [-0.25, -0.2) is 14.5 Å². The van der Waals surface area contributed by atoms with Gasteiger partial charge in [0.2, 0.25) is 5.71 Å². The predicted molar refractivity (Wildman–Crippen MR) is 128 cm³/mol. The first kappa shape index (κ1) is 19.9. The van der Waals surface area contributed by atoms with Crippen LogP contribution < -0.4 is 9.47 Å². The van der Waals surface area contributed by atoms with E-state index >= 15 is 0 Å². The van der Waals surface area contributed by atoms with E-state index < -0.39 is 0 Å². The highest BCUT2D eigenvalue weighted by molar-refractivity contribution is 6.07. The molecule has 0 aliphatic heterocycles. The van der Waals surface area contributed by atoms with Gasteiger partial charge < -0.3 is 13.9 Å². The Balaban J connectivity index is 1.64. The van der Waals surface area contributed by atoms with Gasteiger partial charge in [-0.3, -0.25) is 4.98 Å². The fraction of sp³-hybridized carbons (Fsp3) is 0.0769. The second kappa shape index (κ2) is 8.00. The molecule has 4 aromatic heterocycles. The molecule has 34 heavy (non-hydrogen) atoms. The second-order valence-corrected chi connectivity index (χ2v) is 7.63. The van der Waals surface area contributed by atoms with E-state index in [1.165, 1.54) is 0 Å². The van der Waals surface area contributed by atoms with Gasteiger partial charge in [0.1, 0.15) is 23.6 Å². The summed E-state index contributed by atoms with van der Waals surface area (Å²) in [6.45, 7) is 0. The highest BCUT2D eigenvalue weighted by Crippen LogP contribution is 2.42. The van der Waals surface area contributed by atoms with Gasteiger partial charge in [0.25, 0.3) is 0 Å². The number of furan rings is 1. The predicted octanol–water partition coefficient (Wildman–Crippen LogP) is 5.28. The number of rotatable bonds is 5. The Bertz CT molecular complexity index is 1600. The molecule has 0 saturated heterocycles. The van der Waals surface area contributed by atoms with Crippen LogP contribution in [0.15, 0.2) is 83.8 Å². The Kier molecular flexibility index (Phi) is 4.69. The average Bonchev–Trinajstić information content (AvgIpc) is 3.51. The van der Waals surface area contributed by atoms with Gasteiger partial charge in [0.15, 0.2) is 11.5 Å². The smallest absolute Gasteiger partial charge is 0.232 e. The topological polar surface area (TPSA) is 87.6 Å². The van der Waals surface area contributed by atoms with Crippen molar-refractivity contribution < 1.29 is 13.9 Å². The van der Waals surface area contributed by atoms with E-state index in [0.29, 0.717) is 22.9 Å². The first-order chi connectivity index (χ1) is 16.7. The van der Waals surface area contributed by atoms with E-state index in [1.54, 1.807) is 37.5 Å². The third kappa shape index (κ3) is 3.24. The van der Waals surface area contributed by atoms with Crippen LogP contribution in [0.25, 0.3) is 50.6 Å². The summed E-state index contributed by atoms with van der Waals surface area (Å²) in [7, 11) is 3.29. The number of pyridine rings is 1. The fourth-order valence-electron chi connectivity index (χ4n) is 4.00. The van der Waals surface area contributed by atoms with Crippen molar-refractivity contribution in [2.24, 2.45) is 0 Å². The van der Waals surface area contributed by atoms with Crippen molar-refractivity contribution in [3.05, 3.63) is 79.4 Å². The van der Waals surface area contributed by atoms with Crippen LogP contribution in [0.3, 0.4) is 0 Å². The third-order valence-electron chi connectivity index (χ3n) is 5.68. The molecule has 0 spiro atoms. The zero-order valence-corrected chi connectivity index (χ0v) is 18.5. The van der Waals surface area contributed by atoms with E-state index in [2.05, 4.69) is 15.1 Å². The van der Waals surface area contributed by atoms with Crippen LogP contribution in [-0.2, 0) is 0 Å². The normalized spacial score (nSPS) is 11.2. The van der Waals surface area contributed by atoms with Crippen LogP contribution in [0.5, 0.6) is 11.5 Å². The maximum Gasteiger partial charge on any atom is 0.232 e. The van der Waals surface area contributed by atoms with Crippen molar-refractivity contribution >= 4 is 16.7 Å². The Hall–Kier alpha value is -4.72. The third-order valence-corrected chi connectivity index (χ3v) is 5.68. The van der Waals surface area contributed by atoms with E-state index in [1.807, 2.05) is 60.7 Å². The minimum Gasteiger partial charge on any atom is -0.497 e. The Morgan fingerprint density at radius 1 is 0.824 bits per heavy atom. The first-order valence-electron chi connectivity index (χ1n) is 10.6. The molecule has 0 aliphatic rings. The molecular weight excluding hydrogens is 430 g/mol. The molecule has 8 heteroatoms. The molecule has 166 valence electrons. The molecule has 0 fully saturated rings. The Labute approximate surface area is 194 Å². The van der Waals surface area contributed by atoms with Gasteiger partial charge in [-0.1, -0.05) is 12.1 Å². The zero-order valence-electron chi connectivity index (χ0n) is 18.5. The van der Waals surface area contributed by atoms with Crippen LogP contribution in [0.1, 0.15) is 0 Å². The lowest BCUT2D eigenvalue weighted by atomic mass is 9.99. The molecular formula is C26H19N5O3. The van der Waals surface area contributed by atoms with Gasteiger partial charge in [-0.2, -0.15) is 0 Å². The summed E-state index contributed by atoms with van der Waals surface area (Å²) in [6, 6.07) is 19.4. The van der Waals surface area contributed by atoms with Crippen molar-refractivity contribution in [3.8, 4) is 45.3 Å². The van der Waals surface area contributed by atoms with Gasteiger partial charge in [0, 0.05) is 29.1 Å². The minimum atomic E-state index is 0.481. The second-order valence-electron chi connectivity index (χ2n) is 7.63.